The fourth-order valence-corrected chi connectivity index (χ4v) is 2.63. The lowest BCUT2D eigenvalue weighted by Gasteiger charge is -2.30. The van der Waals surface area contributed by atoms with Crippen LogP contribution >= 0.6 is 0 Å². The molecule has 1 saturated heterocycles. The molecule has 1 aromatic carbocycles. The number of carbonyl (C=O) groups excluding carboxylic acids is 1. The fourth-order valence-electron chi connectivity index (χ4n) is 2.63. The maximum absolute atomic E-state index is 12.6. The SMILES string of the molecule is CCN(C(=O)C(C)c1ccccc1)C1CCNC1. The molecule has 0 radical (unpaired) electrons. The number of hydrogen-bond donors (Lipinski definition) is 1. The first-order valence-electron chi connectivity index (χ1n) is 6.80. The van der Waals surface area contributed by atoms with Crippen LogP contribution in [0.15, 0.2) is 30.3 Å². The Morgan fingerprint density at radius 3 is 2.72 bits per heavy atom. The van der Waals surface area contributed by atoms with Crippen molar-refractivity contribution in [2.75, 3.05) is 19.6 Å². The van der Waals surface area contributed by atoms with Gasteiger partial charge in [-0.05, 0) is 32.4 Å². The first-order valence-corrected chi connectivity index (χ1v) is 6.80. The van der Waals surface area contributed by atoms with Gasteiger partial charge >= 0.3 is 0 Å². The fraction of sp³-hybridized carbons (Fsp3) is 0.533. The summed E-state index contributed by atoms with van der Waals surface area (Å²) in [5.41, 5.74) is 1.10. The summed E-state index contributed by atoms with van der Waals surface area (Å²) < 4.78 is 0. The van der Waals surface area contributed by atoms with Gasteiger partial charge in [0.25, 0.3) is 0 Å². The molecule has 1 heterocycles. The van der Waals surface area contributed by atoms with Gasteiger partial charge in [-0.15, -0.1) is 0 Å². The Bertz CT molecular complexity index is 385. The predicted molar refractivity (Wildman–Crippen MR) is 73.5 cm³/mol. The molecule has 98 valence electrons. The van der Waals surface area contributed by atoms with Gasteiger partial charge in [0.2, 0.25) is 5.91 Å². The lowest BCUT2D eigenvalue weighted by molar-refractivity contribution is -0.134. The van der Waals surface area contributed by atoms with Crippen LogP contribution in [0.2, 0.25) is 0 Å². The van der Waals surface area contributed by atoms with Crippen molar-refractivity contribution in [1.82, 2.24) is 10.2 Å². The summed E-state index contributed by atoms with van der Waals surface area (Å²) in [6.45, 7) is 6.81. The van der Waals surface area contributed by atoms with E-state index in [4.69, 9.17) is 0 Å². The Balaban J connectivity index is 2.09. The van der Waals surface area contributed by atoms with Crippen LogP contribution in [0.3, 0.4) is 0 Å². The average Bonchev–Trinajstić information content (AvgIpc) is 2.93. The number of benzene rings is 1. The summed E-state index contributed by atoms with van der Waals surface area (Å²) in [5.74, 6) is 0.198. The molecular formula is C15H22N2O. The minimum atomic E-state index is -0.0493. The Labute approximate surface area is 109 Å². The Morgan fingerprint density at radius 2 is 2.17 bits per heavy atom. The smallest absolute Gasteiger partial charge is 0.230 e. The number of rotatable bonds is 4. The third-order valence-electron chi connectivity index (χ3n) is 3.77. The van der Waals surface area contributed by atoms with E-state index < -0.39 is 0 Å². The quantitative estimate of drug-likeness (QED) is 0.881. The second kappa shape index (κ2) is 6.01. The highest BCUT2D eigenvalue weighted by atomic mass is 16.2. The summed E-state index contributed by atoms with van der Waals surface area (Å²) in [6.07, 6.45) is 1.07. The van der Waals surface area contributed by atoms with Crippen molar-refractivity contribution in [2.45, 2.75) is 32.2 Å². The molecular weight excluding hydrogens is 224 g/mol. The molecule has 0 bridgehead atoms. The van der Waals surface area contributed by atoms with Crippen LogP contribution in [0.5, 0.6) is 0 Å². The van der Waals surface area contributed by atoms with Crippen LogP contribution in [0.4, 0.5) is 0 Å². The van der Waals surface area contributed by atoms with Crippen molar-refractivity contribution < 1.29 is 4.79 Å². The third kappa shape index (κ3) is 2.72. The molecule has 1 aliphatic rings. The zero-order valence-corrected chi connectivity index (χ0v) is 11.2. The van der Waals surface area contributed by atoms with Gasteiger partial charge in [-0.2, -0.15) is 0 Å². The molecule has 1 aromatic rings. The molecule has 3 heteroatoms. The molecule has 2 atom stereocenters. The zero-order chi connectivity index (χ0) is 13.0. The lowest BCUT2D eigenvalue weighted by Crippen LogP contribution is -2.43. The van der Waals surface area contributed by atoms with E-state index in [1.165, 1.54) is 0 Å². The molecule has 1 N–H and O–H groups in total. The number of amides is 1. The lowest BCUT2D eigenvalue weighted by atomic mass is 9.99. The Kier molecular flexibility index (Phi) is 4.37. The van der Waals surface area contributed by atoms with Crippen LogP contribution in [0.25, 0.3) is 0 Å². The predicted octanol–water partition coefficient (Wildman–Crippen LogP) is 2.00. The topological polar surface area (TPSA) is 32.3 Å². The van der Waals surface area contributed by atoms with Crippen LogP contribution < -0.4 is 5.32 Å². The van der Waals surface area contributed by atoms with E-state index in [1.807, 2.05) is 42.2 Å². The van der Waals surface area contributed by atoms with Crippen molar-refractivity contribution in [3.63, 3.8) is 0 Å². The number of hydrogen-bond acceptors (Lipinski definition) is 2. The van der Waals surface area contributed by atoms with E-state index >= 15 is 0 Å². The molecule has 0 aliphatic carbocycles. The maximum atomic E-state index is 12.6. The summed E-state index contributed by atoms with van der Waals surface area (Å²) >= 11 is 0. The van der Waals surface area contributed by atoms with Gasteiger partial charge in [-0.1, -0.05) is 30.3 Å². The van der Waals surface area contributed by atoms with Gasteiger partial charge in [0, 0.05) is 19.1 Å². The average molecular weight is 246 g/mol. The summed E-state index contributed by atoms with van der Waals surface area (Å²) in [4.78, 5) is 14.6. The molecule has 1 fully saturated rings. The van der Waals surface area contributed by atoms with Gasteiger partial charge in [0.1, 0.15) is 0 Å². The van der Waals surface area contributed by atoms with Crippen molar-refractivity contribution in [2.24, 2.45) is 0 Å². The van der Waals surface area contributed by atoms with Crippen molar-refractivity contribution in [3.05, 3.63) is 35.9 Å². The number of likely N-dealkylation sites (N-methyl/N-ethyl adjacent to an activating group) is 1. The van der Waals surface area contributed by atoms with Crippen LogP contribution in [0, 0.1) is 0 Å². The number of nitrogens with one attached hydrogen (secondary N) is 1. The molecule has 1 amide bonds. The highest BCUT2D eigenvalue weighted by molar-refractivity contribution is 5.83. The van der Waals surface area contributed by atoms with E-state index in [-0.39, 0.29) is 11.8 Å². The number of nitrogens with zero attached hydrogens (tertiary/aromatic N) is 1. The molecule has 2 rings (SSSR count). The largest absolute Gasteiger partial charge is 0.338 e. The monoisotopic (exact) mass is 246 g/mol. The minimum absolute atomic E-state index is 0.0493. The highest BCUT2D eigenvalue weighted by Gasteiger charge is 2.28. The zero-order valence-electron chi connectivity index (χ0n) is 11.2. The van der Waals surface area contributed by atoms with Crippen molar-refractivity contribution >= 4 is 5.91 Å². The minimum Gasteiger partial charge on any atom is -0.338 e. The van der Waals surface area contributed by atoms with E-state index in [1.54, 1.807) is 0 Å². The van der Waals surface area contributed by atoms with Gasteiger partial charge in [0.15, 0.2) is 0 Å². The van der Waals surface area contributed by atoms with E-state index in [9.17, 15) is 4.79 Å². The Hall–Kier alpha value is -1.35. The molecule has 3 nitrogen and oxygen atoms in total. The first kappa shape index (κ1) is 13.1. The molecule has 0 aromatic heterocycles. The van der Waals surface area contributed by atoms with E-state index in [0.29, 0.717) is 6.04 Å². The standard InChI is InChI=1S/C15H22N2O/c1-3-17(14-9-10-16-11-14)15(18)12(2)13-7-5-4-6-8-13/h4-8,12,14,16H,3,9-11H2,1-2H3. The van der Waals surface area contributed by atoms with Crippen LogP contribution in [-0.4, -0.2) is 36.5 Å². The van der Waals surface area contributed by atoms with Gasteiger partial charge in [0.05, 0.1) is 5.92 Å². The van der Waals surface area contributed by atoms with Crippen LogP contribution in [0.1, 0.15) is 31.7 Å². The van der Waals surface area contributed by atoms with Gasteiger partial charge in [-0.25, -0.2) is 0 Å². The van der Waals surface area contributed by atoms with Crippen LogP contribution in [-0.2, 0) is 4.79 Å². The van der Waals surface area contributed by atoms with Crippen molar-refractivity contribution in [1.29, 1.82) is 0 Å². The molecule has 0 saturated carbocycles. The maximum Gasteiger partial charge on any atom is 0.230 e. The molecule has 2 unspecified atom stereocenters. The second-order valence-corrected chi connectivity index (χ2v) is 4.90. The summed E-state index contributed by atoms with van der Waals surface area (Å²) in [7, 11) is 0. The van der Waals surface area contributed by atoms with Crippen molar-refractivity contribution in [3.8, 4) is 0 Å². The summed E-state index contributed by atoms with van der Waals surface area (Å²) in [5, 5.41) is 3.33. The van der Waals surface area contributed by atoms with E-state index in [0.717, 1.165) is 31.6 Å². The molecule has 0 spiro atoms. The first-order chi connectivity index (χ1) is 8.74. The van der Waals surface area contributed by atoms with E-state index in [2.05, 4.69) is 12.2 Å². The third-order valence-corrected chi connectivity index (χ3v) is 3.77. The normalized spacial score (nSPS) is 20.7. The summed E-state index contributed by atoms with van der Waals surface area (Å²) in [6, 6.07) is 10.4. The van der Waals surface area contributed by atoms with Gasteiger partial charge in [-0.3, -0.25) is 4.79 Å². The van der Waals surface area contributed by atoms with Gasteiger partial charge < -0.3 is 10.2 Å². The number of carbonyl (C=O) groups is 1. The molecule has 18 heavy (non-hydrogen) atoms. The Morgan fingerprint density at radius 1 is 1.44 bits per heavy atom. The highest BCUT2D eigenvalue weighted by Crippen LogP contribution is 2.20. The second-order valence-electron chi connectivity index (χ2n) is 4.90. The molecule has 1 aliphatic heterocycles.